The van der Waals surface area contributed by atoms with Crippen molar-refractivity contribution < 1.29 is 14.6 Å². The Morgan fingerprint density at radius 3 is 2.36 bits per heavy atom. The van der Waals surface area contributed by atoms with Crippen molar-refractivity contribution in [2.75, 3.05) is 7.11 Å². The van der Waals surface area contributed by atoms with E-state index in [-0.39, 0.29) is 0 Å². The summed E-state index contributed by atoms with van der Waals surface area (Å²) in [5, 5.41) is 8.98. The van der Waals surface area contributed by atoms with Crippen molar-refractivity contribution in [3.63, 3.8) is 0 Å². The van der Waals surface area contributed by atoms with Crippen LogP contribution in [-0.2, 0) is 11.2 Å². The summed E-state index contributed by atoms with van der Waals surface area (Å²) in [6.45, 7) is 4.01. The van der Waals surface area contributed by atoms with Crippen LogP contribution < -0.4 is 4.74 Å². The first-order valence-corrected chi connectivity index (χ1v) is 7.97. The number of carbonyl (C=O) groups is 1. The molecule has 0 amide bonds. The van der Waals surface area contributed by atoms with E-state index in [0.717, 1.165) is 27.3 Å². The normalized spacial score (nSPS) is 12.0. The Labute approximate surface area is 135 Å². The van der Waals surface area contributed by atoms with Gasteiger partial charge in [0.15, 0.2) is 0 Å². The highest BCUT2D eigenvalue weighted by Crippen LogP contribution is 2.29. The number of ether oxygens (including phenoxy) is 1. The van der Waals surface area contributed by atoms with Crippen LogP contribution in [0.25, 0.3) is 0 Å². The van der Waals surface area contributed by atoms with Crippen molar-refractivity contribution in [3.05, 3.63) is 59.2 Å². The number of benzene rings is 2. The first-order valence-electron chi connectivity index (χ1n) is 7.09. The quantitative estimate of drug-likeness (QED) is 0.815. The molecule has 1 N–H and O–H groups in total. The van der Waals surface area contributed by atoms with Crippen molar-refractivity contribution in [1.82, 2.24) is 0 Å². The highest BCUT2D eigenvalue weighted by atomic mass is 32.2. The van der Waals surface area contributed by atoms with Gasteiger partial charge < -0.3 is 9.84 Å². The molecule has 2 aromatic carbocycles. The molecule has 3 nitrogen and oxygen atoms in total. The second-order valence-electron chi connectivity index (χ2n) is 5.28. The molecular weight excluding hydrogens is 296 g/mol. The van der Waals surface area contributed by atoms with Crippen LogP contribution in [-0.4, -0.2) is 23.4 Å². The zero-order chi connectivity index (χ0) is 16.1. The monoisotopic (exact) mass is 316 g/mol. The lowest BCUT2D eigenvalue weighted by Gasteiger charge is -2.15. The van der Waals surface area contributed by atoms with E-state index in [1.807, 2.05) is 56.3 Å². The third-order valence-electron chi connectivity index (χ3n) is 3.42. The lowest BCUT2D eigenvalue weighted by Crippen LogP contribution is -2.19. The lowest BCUT2D eigenvalue weighted by molar-refractivity contribution is -0.136. The first kappa shape index (κ1) is 16.4. The van der Waals surface area contributed by atoms with Gasteiger partial charge in [0.05, 0.1) is 7.11 Å². The zero-order valence-electron chi connectivity index (χ0n) is 13.0. The molecule has 1 atom stereocenters. The van der Waals surface area contributed by atoms with E-state index in [9.17, 15) is 9.90 Å². The van der Waals surface area contributed by atoms with Crippen LogP contribution in [0.5, 0.6) is 5.75 Å². The van der Waals surface area contributed by atoms with Gasteiger partial charge in [0, 0.05) is 4.90 Å². The fourth-order valence-electron chi connectivity index (χ4n) is 2.23. The van der Waals surface area contributed by atoms with E-state index in [0.29, 0.717) is 6.42 Å². The van der Waals surface area contributed by atoms with Gasteiger partial charge in [0.1, 0.15) is 11.0 Å². The van der Waals surface area contributed by atoms with E-state index >= 15 is 0 Å². The predicted molar refractivity (Wildman–Crippen MR) is 89.9 cm³/mol. The van der Waals surface area contributed by atoms with E-state index in [4.69, 9.17) is 4.74 Å². The molecule has 0 aromatic heterocycles. The molecular formula is C18H20O3S. The summed E-state index contributed by atoms with van der Waals surface area (Å²) in [6, 6.07) is 13.8. The Morgan fingerprint density at radius 1 is 1.14 bits per heavy atom. The van der Waals surface area contributed by atoms with Gasteiger partial charge in [-0.05, 0) is 44.0 Å². The minimum Gasteiger partial charge on any atom is -0.496 e. The number of aryl methyl sites for hydroxylation is 2. The van der Waals surface area contributed by atoms with Crippen LogP contribution >= 0.6 is 11.8 Å². The van der Waals surface area contributed by atoms with E-state index in [1.165, 1.54) is 11.8 Å². The third-order valence-corrected chi connectivity index (χ3v) is 4.61. The largest absolute Gasteiger partial charge is 0.496 e. The van der Waals surface area contributed by atoms with Gasteiger partial charge in [-0.15, -0.1) is 11.8 Å². The molecule has 0 saturated heterocycles. The number of carboxylic acids is 1. The van der Waals surface area contributed by atoms with Gasteiger partial charge in [-0.3, -0.25) is 4.79 Å². The molecule has 2 aromatic rings. The summed E-state index contributed by atoms with van der Waals surface area (Å²) >= 11 is 1.37. The molecule has 0 radical (unpaired) electrons. The highest BCUT2D eigenvalue weighted by Gasteiger charge is 2.21. The Morgan fingerprint density at radius 2 is 1.77 bits per heavy atom. The summed E-state index contributed by atoms with van der Waals surface area (Å²) in [7, 11) is 1.61. The number of hydrogen-bond acceptors (Lipinski definition) is 3. The van der Waals surface area contributed by atoms with Gasteiger partial charge in [0.2, 0.25) is 0 Å². The molecule has 0 aliphatic carbocycles. The van der Waals surface area contributed by atoms with Gasteiger partial charge in [-0.25, -0.2) is 0 Å². The highest BCUT2D eigenvalue weighted by molar-refractivity contribution is 8.00. The Balaban J connectivity index is 2.20. The van der Waals surface area contributed by atoms with Crippen LogP contribution in [0.3, 0.4) is 0 Å². The van der Waals surface area contributed by atoms with Gasteiger partial charge in [0.25, 0.3) is 0 Å². The average Bonchev–Trinajstić information content (AvgIpc) is 2.49. The Kier molecular flexibility index (Phi) is 5.50. The van der Waals surface area contributed by atoms with Gasteiger partial charge >= 0.3 is 5.97 Å². The van der Waals surface area contributed by atoms with Gasteiger partial charge in [-0.2, -0.15) is 0 Å². The second-order valence-corrected chi connectivity index (χ2v) is 6.55. The first-order chi connectivity index (χ1) is 10.5. The SMILES string of the molecule is COc1ccc(C)cc1CC(Sc1ccc(C)cc1)C(=O)O. The number of rotatable bonds is 6. The summed E-state index contributed by atoms with van der Waals surface area (Å²) in [4.78, 5) is 12.6. The number of aliphatic carboxylic acids is 1. The van der Waals surface area contributed by atoms with Crippen LogP contribution in [0.15, 0.2) is 47.4 Å². The maximum atomic E-state index is 11.6. The maximum absolute atomic E-state index is 11.6. The minimum absolute atomic E-state index is 0.429. The van der Waals surface area contributed by atoms with Crippen molar-refractivity contribution in [3.8, 4) is 5.75 Å². The van der Waals surface area contributed by atoms with Crippen molar-refractivity contribution in [2.45, 2.75) is 30.4 Å². The molecule has 1 unspecified atom stereocenters. The summed E-state index contributed by atoms with van der Waals surface area (Å²) < 4.78 is 5.34. The molecule has 0 bridgehead atoms. The predicted octanol–water partition coefficient (Wildman–Crippen LogP) is 4.10. The molecule has 0 fully saturated rings. The number of methoxy groups -OCH3 is 1. The number of thioether (sulfide) groups is 1. The zero-order valence-corrected chi connectivity index (χ0v) is 13.8. The van der Waals surface area contributed by atoms with Gasteiger partial charge in [-0.1, -0.05) is 35.4 Å². The fourth-order valence-corrected chi connectivity index (χ4v) is 3.21. The topological polar surface area (TPSA) is 46.5 Å². The van der Waals surface area contributed by atoms with Crippen LogP contribution in [0.2, 0.25) is 0 Å². The maximum Gasteiger partial charge on any atom is 0.317 e. The second kappa shape index (κ2) is 7.36. The van der Waals surface area contributed by atoms with Crippen LogP contribution in [0, 0.1) is 13.8 Å². The minimum atomic E-state index is -0.811. The molecule has 0 aliphatic rings. The average molecular weight is 316 g/mol. The fraction of sp³-hybridized carbons (Fsp3) is 0.278. The smallest absolute Gasteiger partial charge is 0.317 e. The number of hydrogen-bond donors (Lipinski definition) is 1. The molecule has 0 heterocycles. The van der Waals surface area contributed by atoms with Crippen LogP contribution in [0.1, 0.15) is 16.7 Å². The van der Waals surface area contributed by atoms with Crippen molar-refractivity contribution >= 4 is 17.7 Å². The summed E-state index contributed by atoms with van der Waals surface area (Å²) in [5.41, 5.74) is 3.19. The van der Waals surface area contributed by atoms with E-state index < -0.39 is 11.2 Å². The molecule has 0 aliphatic heterocycles. The van der Waals surface area contributed by atoms with Crippen molar-refractivity contribution in [1.29, 1.82) is 0 Å². The lowest BCUT2D eigenvalue weighted by atomic mass is 10.1. The van der Waals surface area contributed by atoms with E-state index in [2.05, 4.69) is 0 Å². The molecule has 2 rings (SSSR count). The standard InChI is InChI=1S/C18H20O3S/c1-12-4-7-15(8-5-12)22-17(18(19)20)11-14-10-13(2)6-9-16(14)21-3/h4-10,17H,11H2,1-3H3,(H,19,20). The Hall–Kier alpha value is -1.94. The molecule has 0 saturated carbocycles. The summed E-state index contributed by atoms with van der Waals surface area (Å²) in [6.07, 6.45) is 0.429. The van der Waals surface area contributed by atoms with Crippen molar-refractivity contribution in [2.24, 2.45) is 0 Å². The van der Waals surface area contributed by atoms with E-state index in [1.54, 1.807) is 7.11 Å². The molecule has 4 heteroatoms. The molecule has 116 valence electrons. The number of carboxylic acid groups (broad SMARTS) is 1. The molecule has 22 heavy (non-hydrogen) atoms. The van der Waals surface area contributed by atoms with Crippen LogP contribution in [0.4, 0.5) is 0 Å². The third kappa shape index (κ3) is 4.28. The molecule has 0 spiro atoms. The summed E-state index contributed by atoms with van der Waals surface area (Å²) in [5.74, 6) is -0.0736. The Bertz CT molecular complexity index is 650.